The molecule has 0 fully saturated rings. The number of allylic oxidation sites excluding steroid dienone is 1. The van der Waals surface area contributed by atoms with Gasteiger partial charge in [-0.15, -0.1) is 0 Å². The van der Waals surface area contributed by atoms with Gasteiger partial charge in [0.2, 0.25) is 0 Å². The van der Waals surface area contributed by atoms with Crippen LogP contribution in [0.1, 0.15) is 73.6 Å². The molecule has 0 amide bonds. The van der Waals surface area contributed by atoms with Crippen LogP contribution in [0.4, 0.5) is 0 Å². The fourth-order valence-electron chi connectivity index (χ4n) is 3.19. The van der Waals surface area contributed by atoms with Crippen molar-refractivity contribution in [2.45, 2.75) is 79.2 Å². The van der Waals surface area contributed by atoms with Gasteiger partial charge in [-0.1, -0.05) is 41.5 Å². The molecule has 0 aromatic heterocycles. The van der Waals surface area contributed by atoms with Crippen LogP contribution in [-0.4, -0.2) is 33.2 Å². The van der Waals surface area contributed by atoms with Gasteiger partial charge < -0.3 is 10.2 Å². The fourth-order valence-corrected chi connectivity index (χ4v) is 3.19. The molecule has 0 saturated heterocycles. The molecule has 0 radical (unpaired) electrons. The van der Waals surface area contributed by atoms with Crippen LogP contribution in [0.3, 0.4) is 0 Å². The van der Waals surface area contributed by atoms with E-state index in [2.05, 4.69) is 0 Å². The molecule has 0 saturated carbocycles. The molecule has 0 aliphatic heterocycles. The molecular weight excluding hydrogens is 332 g/mol. The maximum Gasteiger partial charge on any atom is 0.182 e. The van der Waals surface area contributed by atoms with Gasteiger partial charge in [0.15, 0.2) is 23.0 Å². The molecule has 1 rings (SSSR count). The third-order valence-electron chi connectivity index (χ3n) is 5.34. The highest BCUT2D eigenvalue weighted by atomic mass is 16.3. The average molecular weight is 366 g/mol. The normalized spacial score (nSPS) is 25.3. The fraction of sp³-hybridized carbons (Fsp3) is 0.762. The van der Waals surface area contributed by atoms with E-state index < -0.39 is 40.5 Å². The summed E-state index contributed by atoms with van der Waals surface area (Å²) in [5, 5.41) is 21.6. The second kappa shape index (κ2) is 8.94. The lowest BCUT2D eigenvalue weighted by Gasteiger charge is -2.36. The summed E-state index contributed by atoms with van der Waals surface area (Å²) in [7, 11) is 0. The Hall–Kier alpha value is -1.49. The van der Waals surface area contributed by atoms with E-state index in [9.17, 15) is 24.6 Å². The first-order valence-corrected chi connectivity index (χ1v) is 9.76. The molecule has 5 heteroatoms. The lowest BCUT2D eigenvalue weighted by molar-refractivity contribution is -0.149. The number of aliphatic hydroxyl groups is 2. The molecule has 0 bridgehead atoms. The third-order valence-corrected chi connectivity index (χ3v) is 5.34. The van der Waals surface area contributed by atoms with Crippen molar-refractivity contribution < 1.29 is 24.6 Å². The number of aliphatic hydroxyl groups excluding tert-OH is 1. The molecular formula is C21H34O5. The predicted octanol–water partition coefficient (Wildman–Crippen LogP) is 3.79. The van der Waals surface area contributed by atoms with E-state index in [1.807, 2.05) is 34.6 Å². The number of carbonyl (C=O) groups excluding carboxylic acids is 3. The first-order chi connectivity index (χ1) is 12.0. The van der Waals surface area contributed by atoms with Crippen LogP contribution in [0, 0.1) is 23.7 Å². The van der Waals surface area contributed by atoms with Gasteiger partial charge in [0.05, 0.1) is 5.92 Å². The molecule has 148 valence electrons. The second-order valence-corrected chi connectivity index (χ2v) is 8.44. The van der Waals surface area contributed by atoms with Crippen LogP contribution in [0.5, 0.6) is 0 Å². The Morgan fingerprint density at radius 3 is 2.08 bits per heavy atom. The van der Waals surface area contributed by atoms with Crippen molar-refractivity contribution >= 4 is 17.3 Å². The quantitative estimate of drug-likeness (QED) is 0.478. The standard InChI is InChI=1S/C21H34O5/c1-7-14(6)17(22)16-18(23)15(9-8-12(2)3)19(24)21(26,20(16)25)11-10-13(4)5/h12-15,25-26H,7-11H2,1-6H3/t14?,15-,21+/m1/s1. The molecule has 1 aliphatic rings. The Balaban J connectivity index is 3.41. The van der Waals surface area contributed by atoms with E-state index in [1.165, 1.54) is 0 Å². The minimum absolute atomic E-state index is 0.0120. The van der Waals surface area contributed by atoms with Crippen LogP contribution in [0.25, 0.3) is 0 Å². The third kappa shape index (κ3) is 4.61. The van der Waals surface area contributed by atoms with E-state index >= 15 is 0 Å². The number of hydrogen-bond donors (Lipinski definition) is 2. The molecule has 3 atom stereocenters. The molecule has 2 N–H and O–H groups in total. The zero-order valence-electron chi connectivity index (χ0n) is 17.0. The summed E-state index contributed by atoms with van der Waals surface area (Å²) in [6.07, 6.45) is 1.94. The molecule has 0 aromatic rings. The number of Topliss-reactive ketones (excluding diaryl/α,β-unsaturated/α-hetero) is 3. The van der Waals surface area contributed by atoms with Crippen molar-refractivity contribution in [1.82, 2.24) is 0 Å². The van der Waals surface area contributed by atoms with E-state index in [-0.39, 0.29) is 30.3 Å². The van der Waals surface area contributed by atoms with Crippen molar-refractivity contribution in [3.8, 4) is 0 Å². The molecule has 5 nitrogen and oxygen atoms in total. The highest BCUT2D eigenvalue weighted by Crippen LogP contribution is 2.38. The average Bonchev–Trinajstić information content (AvgIpc) is 2.57. The van der Waals surface area contributed by atoms with E-state index in [0.29, 0.717) is 19.3 Å². The summed E-state index contributed by atoms with van der Waals surface area (Å²) < 4.78 is 0. The van der Waals surface area contributed by atoms with E-state index in [1.54, 1.807) is 6.92 Å². The lowest BCUT2D eigenvalue weighted by atomic mass is 9.69. The van der Waals surface area contributed by atoms with Gasteiger partial charge in [-0.2, -0.15) is 0 Å². The van der Waals surface area contributed by atoms with Crippen LogP contribution >= 0.6 is 0 Å². The summed E-state index contributed by atoms with van der Waals surface area (Å²) in [5.41, 5.74) is -2.50. The predicted molar refractivity (Wildman–Crippen MR) is 101 cm³/mol. The Labute approximate surface area is 156 Å². The van der Waals surface area contributed by atoms with Crippen molar-refractivity contribution in [2.75, 3.05) is 0 Å². The van der Waals surface area contributed by atoms with Gasteiger partial charge in [0, 0.05) is 5.92 Å². The molecule has 1 unspecified atom stereocenters. The van der Waals surface area contributed by atoms with Crippen molar-refractivity contribution in [3.05, 3.63) is 11.3 Å². The summed E-state index contributed by atoms with van der Waals surface area (Å²) >= 11 is 0. The van der Waals surface area contributed by atoms with Crippen molar-refractivity contribution in [3.63, 3.8) is 0 Å². The van der Waals surface area contributed by atoms with Crippen molar-refractivity contribution in [2.24, 2.45) is 23.7 Å². The summed E-state index contributed by atoms with van der Waals surface area (Å²) in [6.45, 7) is 11.4. The Morgan fingerprint density at radius 2 is 1.62 bits per heavy atom. The van der Waals surface area contributed by atoms with Crippen LogP contribution < -0.4 is 0 Å². The molecule has 26 heavy (non-hydrogen) atoms. The largest absolute Gasteiger partial charge is 0.508 e. The number of ketones is 3. The molecule has 0 aromatic carbocycles. The topological polar surface area (TPSA) is 91.7 Å². The smallest absolute Gasteiger partial charge is 0.182 e. The minimum atomic E-state index is -2.14. The van der Waals surface area contributed by atoms with Gasteiger partial charge >= 0.3 is 0 Å². The lowest BCUT2D eigenvalue weighted by Crippen LogP contribution is -2.53. The zero-order valence-corrected chi connectivity index (χ0v) is 17.0. The van der Waals surface area contributed by atoms with Gasteiger partial charge in [0.1, 0.15) is 11.3 Å². The van der Waals surface area contributed by atoms with Crippen LogP contribution in [0.15, 0.2) is 11.3 Å². The second-order valence-electron chi connectivity index (χ2n) is 8.44. The van der Waals surface area contributed by atoms with Crippen molar-refractivity contribution in [1.29, 1.82) is 0 Å². The molecule has 1 aliphatic carbocycles. The number of hydrogen-bond acceptors (Lipinski definition) is 5. The van der Waals surface area contributed by atoms with Crippen LogP contribution in [-0.2, 0) is 14.4 Å². The Bertz CT molecular complexity index is 587. The summed E-state index contributed by atoms with van der Waals surface area (Å²) in [6, 6.07) is 0. The Morgan fingerprint density at radius 1 is 1.08 bits per heavy atom. The Kier molecular flexibility index (Phi) is 7.75. The first kappa shape index (κ1) is 22.6. The van der Waals surface area contributed by atoms with Gasteiger partial charge in [-0.05, 0) is 43.9 Å². The number of carbonyl (C=O) groups is 3. The highest BCUT2D eigenvalue weighted by Gasteiger charge is 2.54. The maximum atomic E-state index is 12.9. The van der Waals surface area contributed by atoms with Gasteiger partial charge in [0.25, 0.3) is 0 Å². The zero-order chi connectivity index (χ0) is 20.2. The number of rotatable bonds is 9. The van der Waals surface area contributed by atoms with E-state index in [4.69, 9.17) is 0 Å². The monoisotopic (exact) mass is 366 g/mol. The van der Waals surface area contributed by atoms with Crippen LogP contribution in [0.2, 0.25) is 0 Å². The molecule has 0 spiro atoms. The molecule has 0 heterocycles. The summed E-state index contributed by atoms with van der Waals surface area (Å²) in [5.74, 6) is -3.54. The van der Waals surface area contributed by atoms with Gasteiger partial charge in [-0.25, -0.2) is 0 Å². The summed E-state index contributed by atoms with van der Waals surface area (Å²) in [4.78, 5) is 38.5. The highest BCUT2D eigenvalue weighted by molar-refractivity contribution is 6.29. The maximum absolute atomic E-state index is 12.9. The first-order valence-electron chi connectivity index (χ1n) is 9.76. The van der Waals surface area contributed by atoms with Gasteiger partial charge in [-0.3, -0.25) is 14.4 Å². The van der Waals surface area contributed by atoms with E-state index in [0.717, 1.165) is 0 Å². The SMILES string of the molecule is CCC(C)C(=O)C1=C(O)[C@](O)(CCC(C)C)C(=O)[C@H](CCC(C)C)C1=O. The minimum Gasteiger partial charge on any atom is -0.508 e.